The SMILES string of the molecule is CCCCS(=O)(=Nn1cnnc1)c1ccccc1. The summed E-state index contributed by atoms with van der Waals surface area (Å²) < 4.78 is 18.7. The Bertz CT molecular complexity index is 586. The maximum absolute atomic E-state index is 13.0. The van der Waals surface area contributed by atoms with E-state index in [-0.39, 0.29) is 0 Å². The molecule has 0 saturated heterocycles. The first kappa shape index (κ1) is 12.8. The van der Waals surface area contributed by atoms with Crippen LogP contribution in [0.3, 0.4) is 0 Å². The molecular weight excluding hydrogens is 248 g/mol. The van der Waals surface area contributed by atoms with Crippen molar-refractivity contribution in [2.75, 3.05) is 5.75 Å². The Kier molecular flexibility index (Phi) is 4.09. The van der Waals surface area contributed by atoms with E-state index in [9.17, 15) is 4.21 Å². The fourth-order valence-electron chi connectivity index (χ4n) is 1.57. The number of rotatable bonds is 5. The van der Waals surface area contributed by atoms with Crippen LogP contribution in [0.1, 0.15) is 19.8 Å². The minimum absolute atomic E-state index is 0.547. The largest absolute Gasteiger partial charge is 0.243 e. The molecule has 0 saturated carbocycles. The van der Waals surface area contributed by atoms with Crippen LogP contribution in [0.25, 0.3) is 0 Å². The average Bonchev–Trinajstić information content (AvgIpc) is 2.90. The van der Waals surface area contributed by atoms with Crippen LogP contribution >= 0.6 is 0 Å². The Morgan fingerprint density at radius 2 is 1.89 bits per heavy atom. The first-order chi connectivity index (χ1) is 8.74. The van der Waals surface area contributed by atoms with Gasteiger partial charge < -0.3 is 0 Å². The van der Waals surface area contributed by atoms with Crippen LogP contribution < -0.4 is 0 Å². The molecule has 2 aromatic rings. The maximum atomic E-state index is 13.0. The third-order valence-corrected chi connectivity index (χ3v) is 4.82. The van der Waals surface area contributed by atoms with Crippen molar-refractivity contribution < 1.29 is 4.21 Å². The molecule has 0 aliphatic heterocycles. The van der Waals surface area contributed by atoms with Gasteiger partial charge in [-0.15, -0.1) is 14.7 Å². The Hall–Kier alpha value is -1.69. The molecule has 18 heavy (non-hydrogen) atoms. The zero-order valence-electron chi connectivity index (χ0n) is 10.3. The summed E-state index contributed by atoms with van der Waals surface area (Å²) in [6, 6.07) is 9.37. The topological polar surface area (TPSA) is 60.1 Å². The van der Waals surface area contributed by atoms with Crippen LogP contribution in [0.4, 0.5) is 0 Å². The van der Waals surface area contributed by atoms with Crippen molar-refractivity contribution in [3.05, 3.63) is 43.0 Å². The van der Waals surface area contributed by atoms with E-state index in [1.165, 1.54) is 17.3 Å². The molecule has 0 fully saturated rings. The highest BCUT2D eigenvalue weighted by Gasteiger charge is 2.12. The van der Waals surface area contributed by atoms with Crippen molar-refractivity contribution in [2.24, 2.45) is 4.47 Å². The van der Waals surface area contributed by atoms with Crippen molar-refractivity contribution >= 4 is 9.73 Å². The van der Waals surface area contributed by atoms with E-state index in [0.29, 0.717) is 5.75 Å². The van der Waals surface area contributed by atoms with E-state index in [4.69, 9.17) is 0 Å². The van der Waals surface area contributed by atoms with Gasteiger partial charge in [0.2, 0.25) is 0 Å². The zero-order valence-corrected chi connectivity index (χ0v) is 11.1. The van der Waals surface area contributed by atoms with Crippen molar-refractivity contribution in [1.82, 2.24) is 14.9 Å². The monoisotopic (exact) mass is 264 g/mol. The van der Waals surface area contributed by atoms with Gasteiger partial charge in [-0.1, -0.05) is 31.5 Å². The average molecular weight is 264 g/mol. The first-order valence-electron chi connectivity index (χ1n) is 5.89. The molecule has 0 aliphatic carbocycles. The smallest absolute Gasteiger partial charge is 0.142 e. The normalized spacial score (nSPS) is 14.1. The predicted molar refractivity (Wildman–Crippen MR) is 70.5 cm³/mol. The molecule has 2 rings (SSSR count). The lowest BCUT2D eigenvalue weighted by molar-refractivity contribution is 0.666. The second-order valence-corrected chi connectivity index (χ2v) is 6.26. The van der Waals surface area contributed by atoms with Gasteiger partial charge in [-0.2, -0.15) is 4.68 Å². The van der Waals surface area contributed by atoms with Gasteiger partial charge in [0.25, 0.3) is 0 Å². The van der Waals surface area contributed by atoms with E-state index in [2.05, 4.69) is 21.6 Å². The Balaban J connectivity index is 2.44. The lowest BCUT2D eigenvalue weighted by Crippen LogP contribution is -2.08. The summed E-state index contributed by atoms with van der Waals surface area (Å²) in [4.78, 5) is 0.757. The molecule has 1 aromatic carbocycles. The number of aromatic nitrogens is 3. The summed E-state index contributed by atoms with van der Waals surface area (Å²) in [6.07, 6.45) is 4.77. The van der Waals surface area contributed by atoms with Crippen LogP contribution in [0.5, 0.6) is 0 Å². The predicted octanol–water partition coefficient (Wildman–Crippen LogP) is 2.37. The second-order valence-electron chi connectivity index (χ2n) is 3.93. The van der Waals surface area contributed by atoms with Gasteiger partial charge >= 0.3 is 0 Å². The number of nitrogens with zero attached hydrogens (tertiary/aromatic N) is 4. The third kappa shape index (κ3) is 2.95. The summed E-state index contributed by atoms with van der Waals surface area (Å²) >= 11 is 0. The van der Waals surface area contributed by atoms with Gasteiger partial charge in [0.1, 0.15) is 12.7 Å². The molecule has 0 radical (unpaired) electrons. The zero-order chi connectivity index (χ0) is 12.8. The molecule has 6 heteroatoms. The van der Waals surface area contributed by atoms with E-state index >= 15 is 0 Å². The molecular formula is C12H16N4OS. The van der Waals surface area contributed by atoms with E-state index in [0.717, 1.165) is 17.7 Å². The Morgan fingerprint density at radius 3 is 2.50 bits per heavy atom. The van der Waals surface area contributed by atoms with E-state index in [1.807, 2.05) is 30.3 Å². The minimum atomic E-state index is -2.44. The number of hydrogen-bond donors (Lipinski definition) is 0. The van der Waals surface area contributed by atoms with E-state index < -0.39 is 9.73 Å². The Labute approximate surface area is 107 Å². The summed E-state index contributed by atoms with van der Waals surface area (Å²) in [5.41, 5.74) is 0. The van der Waals surface area contributed by atoms with Gasteiger partial charge in [-0.05, 0) is 18.6 Å². The fourth-order valence-corrected chi connectivity index (χ4v) is 3.63. The molecule has 5 nitrogen and oxygen atoms in total. The highest BCUT2D eigenvalue weighted by atomic mass is 32.2. The molecule has 0 amide bonds. The lowest BCUT2D eigenvalue weighted by Gasteiger charge is -2.09. The summed E-state index contributed by atoms with van der Waals surface area (Å²) in [7, 11) is -2.44. The lowest BCUT2D eigenvalue weighted by atomic mass is 10.4. The van der Waals surface area contributed by atoms with Gasteiger partial charge in [0.05, 0.1) is 9.73 Å². The molecule has 1 unspecified atom stereocenters. The quantitative estimate of drug-likeness (QED) is 0.833. The number of hydrogen-bond acceptors (Lipinski definition) is 4. The van der Waals surface area contributed by atoms with Crippen molar-refractivity contribution in [3.63, 3.8) is 0 Å². The van der Waals surface area contributed by atoms with Crippen LogP contribution in [0.2, 0.25) is 0 Å². The van der Waals surface area contributed by atoms with Crippen molar-refractivity contribution in [2.45, 2.75) is 24.7 Å². The third-order valence-electron chi connectivity index (χ3n) is 2.52. The fraction of sp³-hybridized carbons (Fsp3) is 0.333. The van der Waals surface area contributed by atoms with Gasteiger partial charge in [-0.3, -0.25) is 0 Å². The first-order valence-corrected chi connectivity index (χ1v) is 7.58. The molecule has 1 heterocycles. The maximum Gasteiger partial charge on any atom is 0.142 e. The minimum Gasteiger partial charge on any atom is -0.243 e. The molecule has 1 aromatic heterocycles. The highest BCUT2D eigenvalue weighted by Crippen LogP contribution is 2.15. The van der Waals surface area contributed by atoms with Gasteiger partial charge in [0.15, 0.2) is 0 Å². The highest BCUT2D eigenvalue weighted by molar-refractivity contribution is 7.93. The second kappa shape index (κ2) is 5.77. The number of benzene rings is 1. The summed E-state index contributed by atoms with van der Waals surface area (Å²) in [6.45, 7) is 2.07. The van der Waals surface area contributed by atoms with Crippen molar-refractivity contribution in [1.29, 1.82) is 0 Å². The number of unbranched alkanes of at least 4 members (excludes halogenated alkanes) is 1. The van der Waals surface area contributed by atoms with Gasteiger partial charge in [-0.25, -0.2) is 4.21 Å². The van der Waals surface area contributed by atoms with Crippen LogP contribution in [-0.4, -0.2) is 24.8 Å². The van der Waals surface area contributed by atoms with Crippen LogP contribution in [0.15, 0.2) is 52.4 Å². The standard InChI is InChI=1S/C12H16N4OS/c1-2-3-9-18(17,12-7-5-4-6-8-12)15-16-10-13-14-11-16/h4-8,10-11H,2-3,9H2,1H3. The van der Waals surface area contributed by atoms with Crippen LogP contribution in [0, 0.1) is 0 Å². The summed E-state index contributed by atoms with van der Waals surface area (Å²) in [5, 5.41) is 7.35. The molecule has 0 N–H and O–H groups in total. The molecule has 0 aliphatic rings. The molecule has 96 valence electrons. The molecule has 1 atom stereocenters. The van der Waals surface area contributed by atoms with Crippen molar-refractivity contribution in [3.8, 4) is 0 Å². The molecule has 0 bridgehead atoms. The summed E-state index contributed by atoms with van der Waals surface area (Å²) in [5.74, 6) is 0.547. The van der Waals surface area contributed by atoms with E-state index in [1.54, 1.807) is 0 Å². The molecule has 0 spiro atoms. The Morgan fingerprint density at radius 1 is 1.22 bits per heavy atom. The van der Waals surface area contributed by atoms with Crippen LogP contribution in [-0.2, 0) is 9.73 Å². The van der Waals surface area contributed by atoms with Gasteiger partial charge in [0, 0.05) is 10.6 Å².